The van der Waals surface area contributed by atoms with E-state index in [-0.39, 0.29) is 29.1 Å². The molecular weight excluding hydrogens is 202 g/mol. The van der Waals surface area contributed by atoms with E-state index >= 15 is 0 Å². The van der Waals surface area contributed by atoms with Crippen molar-refractivity contribution in [2.45, 2.75) is 20.8 Å². The van der Waals surface area contributed by atoms with Gasteiger partial charge in [0.1, 0.15) is 0 Å². The standard InChI is InChI=1S/C6H14N.2CH4O.CH3.Ti/c1-4-7-5-6(2)3;2*1-2;;/h5-7H,4H2,1-3H3;2*2H,1H3;1H3;/q-1;;;-1;+2. The van der Waals surface area contributed by atoms with Gasteiger partial charge in [0.05, 0.1) is 0 Å². The molecule has 0 saturated heterocycles. The van der Waals surface area contributed by atoms with Crippen LogP contribution < -0.4 is 5.32 Å². The summed E-state index contributed by atoms with van der Waals surface area (Å²) in [6.45, 7) is 9.54. The van der Waals surface area contributed by atoms with Gasteiger partial charge in [0.15, 0.2) is 0 Å². The second-order valence-electron chi connectivity index (χ2n) is 1.97. The molecule has 0 saturated carbocycles. The fourth-order valence-electron chi connectivity index (χ4n) is 0.354. The molecule has 0 amide bonds. The molecule has 0 bridgehead atoms. The van der Waals surface area contributed by atoms with Crippen LogP contribution in [0.5, 0.6) is 0 Å². The number of nitrogens with one attached hydrogen (secondary N) is 1. The second-order valence-corrected chi connectivity index (χ2v) is 1.97. The van der Waals surface area contributed by atoms with Crippen LogP contribution in [0.15, 0.2) is 0 Å². The Kier molecular flexibility index (Phi) is 87.4. The minimum absolute atomic E-state index is 0. The molecule has 0 heterocycles. The van der Waals surface area contributed by atoms with Crippen molar-refractivity contribution in [2.24, 2.45) is 5.92 Å². The molecular formula is C9H25NO2Ti. The maximum atomic E-state index is 7.00. The van der Waals surface area contributed by atoms with E-state index in [4.69, 9.17) is 10.2 Å². The Labute approximate surface area is 98.8 Å². The predicted octanol–water partition coefficient (Wildman–Crippen LogP) is 1.08. The molecule has 0 atom stereocenters. The van der Waals surface area contributed by atoms with Gasteiger partial charge >= 0.3 is 21.7 Å². The minimum atomic E-state index is 0. The summed E-state index contributed by atoms with van der Waals surface area (Å²) < 4.78 is 0. The average molecular weight is 227 g/mol. The molecule has 0 unspecified atom stereocenters. The Hall–Kier alpha value is 0.594. The van der Waals surface area contributed by atoms with Crippen LogP contribution in [0.2, 0.25) is 0 Å². The molecule has 0 aliphatic heterocycles. The third-order valence-corrected chi connectivity index (χ3v) is 0.655. The van der Waals surface area contributed by atoms with Crippen LogP contribution in [-0.4, -0.2) is 31.0 Å². The number of hydrogen-bond acceptors (Lipinski definition) is 3. The fraction of sp³-hybridized carbons (Fsp3) is 0.778. The summed E-state index contributed by atoms with van der Waals surface area (Å²) in [5, 5.41) is 17.1. The van der Waals surface area contributed by atoms with Crippen LogP contribution in [0.25, 0.3) is 0 Å². The summed E-state index contributed by atoms with van der Waals surface area (Å²) in [4.78, 5) is 0. The minimum Gasteiger partial charge on any atom is -0.470 e. The average Bonchev–Trinajstić information content (AvgIpc) is 2.08. The Morgan fingerprint density at radius 2 is 1.46 bits per heavy atom. The van der Waals surface area contributed by atoms with Gasteiger partial charge in [0, 0.05) is 14.2 Å². The first kappa shape index (κ1) is 29.2. The Morgan fingerprint density at radius 3 is 1.54 bits per heavy atom. The van der Waals surface area contributed by atoms with Crippen LogP contribution in [0.4, 0.5) is 0 Å². The third-order valence-electron chi connectivity index (χ3n) is 0.655. The van der Waals surface area contributed by atoms with Crippen LogP contribution >= 0.6 is 0 Å². The summed E-state index contributed by atoms with van der Waals surface area (Å²) in [7, 11) is 2.00. The summed E-state index contributed by atoms with van der Waals surface area (Å²) in [5.74, 6) is 0.667. The summed E-state index contributed by atoms with van der Waals surface area (Å²) in [6, 6.07) is 0. The molecule has 82 valence electrons. The van der Waals surface area contributed by atoms with E-state index in [0.717, 1.165) is 20.8 Å². The Balaban J connectivity index is -0.0000000315. The topological polar surface area (TPSA) is 52.5 Å². The third kappa shape index (κ3) is 67.0. The maximum absolute atomic E-state index is 7.00. The monoisotopic (exact) mass is 227 g/mol. The van der Waals surface area contributed by atoms with E-state index in [1.807, 2.05) is 0 Å². The largest absolute Gasteiger partial charge is 2.00 e. The van der Waals surface area contributed by atoms with Gasteiger partial charge in [-0.15, -0.1) is 0 Å². The fourth-order valence-corrected chi connectivity index (χ4v) is 0.354. The first-order valence-electron chi connectivity index (χ1n) is 3.73. The smallest absolute Gasteiger partial charge is 0.470 e. The number of aliphatic hydroxyl groups is 2. The van der Waals surface area contributed by atoms with Crippen molar-refractivity contribution < 1.29 is 31.9 Å². The van der Waals surface area contributed by atoms with E-state index in [9.17, 15) is 0 Å². The van der Waals surface area contributed by atoms with Gasteiger partial charge in [-0.1, -0.05) is 20.8 Å². The van der Waals surface area contributed by atoms with Crippen LogP contribution in [0, 0.1) is 19.9 Å². The first-order chi connectivity index (χ1) is 5.27. The zero-order valence-corrected chi connectivity index (χ0v) is 11.3. The van der Waals surface area contributed by atoms with E-state index in [1.54, 1.807) is 0 Å². The van der Waals surface area contributed by atoms with Crippen LogP contribution in [-0.2, 0) is 21.7 Å². The van der Waals surface area contributed by atoms with Crippen molar-refractivity contribution in [3.8, 4) is 0 Å². The molecule has 0 aliphatic rings. The normalized spacial score (nSPS) is 6.46. The number of rotatable bonds is 3. The zero-order valence-electron chi connectivity index (χ0n) is 9.76. The van der Waals surface area contributed by atoms with Gasteiger partial charge in [-0.2, -0.15) is 5.92 Å². The van der Waals surface area contributed by atoms with Gasteiger partial charge in [-0.05, 0) is 6.54 Å². The van der Waals surface area contributed by atoms with E-state index < -0.39 is 0 Å². The SMILES string of the molecule is CCN[CH-]C(C)C.CO.CO.[CH3-].[Ti+2]. The van der Waals surface area contributed by atoms with Crippen molar-refractivity contribution in [1.29, 1.82) is 0 Å². The molecule has 13 heavy (non-hydrogen) atoms. The molecule has 0 spiro atoms. The molecule has 3 nitrogen and oxygen atoms in total. The summed E-state index contributed by atoms with van der Waals surface area (Å²) >= 11 is 0. The van der Waals surface area contributed by atoms with E-state index in [0.29, 0.717) is 5.92 Å². The van der Waals surface area contributed by atoms with Crippen molar-refractivity contribution in [1.82, 2.24) is 5.32 Å². The van der Waals surface area contributed by atoms with Crippen LogP contribution in [0.3, 0.4) is 0 Å². The quantitative estimate of drug-likeness (QED) is 0.499. The van der Waals surface area contributed by atoms with Gasteiger partial charge < -0.3 is 23.0 Å². The first-order valence-corrected chi connectivity index (χ1v) is 3.73. The molecule has 0 aliphatic carbocycles. The van der Waals surface area contributed by atoms with Crippen molar-refractivity contribution in [3.05, 3.63) is 14.0 Å². The Morgan fingerprint density at radius 1 is 1.15 bits per heavy atom. The molecule has 3 N–H and O–H groups in total. The second kappa shape index (κ2) is 38.9. The number of aliphatic hydroxyl groups excluding tert-OH is 2. The molecule has 0 aromatic heterocycles. The Bertz CT molecular complexity index is 46.6. The van der Waals surface area contributed by atoms with Crippen LogP contribution in [0.1, 0.15) is 20.8 Å². The molecule has 0 aromatic carbocycles. The molecule has 0 fully saturated rings. The van der Waals surface area contributed by atoms with Gasteiger partial charge in [-0.25, -0.2) is 0 Å². The van der Waals surface area contributed by atoms with E-state index in [2.05, 4.69) is 32.6 Å². The van der Waals surface area contributed by atoms with Gasteiger partial charge in [0.25, 0.3) is 0 Å². The molecule has 0 radical (unpaired) electrons. The van der Waals surface area contributed by atoms with Gasteiger partial charge in [0.2, 0.25) is 0 Å². The maximum Gasteiger partial charge on any atom is 2.00 e. The zero-order chi connectivity index (χ0) is 9.70. The molecule has 4 heteroatoms. The van der Waals surface area contributed by atoms with Crippen molar-refractivity contribution in [2.75, 3.05) is 20.8 Å². The van der Waals surface area contributed by atoms with Crippen molar-refractivity contribution in [3.63, 3.8) is 0 Å². The summed E-state index contributed by atoms with van der Waals surface area (Å²) in [6.07, 6.45) is 0. The van der Waals surface area contributed by atoms with E-state index in [1.165, 1.54) is 0 Å². The predicted molar refractivity (Wildman–Crippen MR) is 55.5 cm³/mol. The molecule has 0 aromatic rings. The van der Waals surface area contributed by atoms with Gasteiger partial charge in [-0.3, -0.25) is 6.54 Å². The number of hydrogen-bond donors (Lipinski definition) is 3. The molecule has 0 rings (SSSR count). The van der Waals surface area contributed by atoms with Crippen molar-refractivity contribution >= 4 is 0 Å². The summed E-state index contributed by atoms with van der Waals surface area (Å²) in [5.41, 5.74) is 0.